The Bertz CT molecular complexity index is 177. The van der Waals surface area contributed by atoms with Crippen LogP contribution in [-0.4, -0.2) is 19.1 Å². The van der Waals surface area contributed by atoms with Gasteiger partial charge < -0.3 is 0 Å². The molecule has 0 bridgehead atoms. The maximum absolute atomic E-state index is 3.16. The monoisotopic (exact) mass is 183 g/mol. The summed E-state index contributed by atoms with van der Waals surface area (Å²) in [7, 11) is 0.211. The smallest absolute Gasteiger partial charge is 0.0953 e. The lowest BCUT2D eigenvalue weighted by molar-refractivity contribution is 0.796. The fourth-order valence-corrected chi connectivity index (χ4v) is 1.62. The van der Waals surface area contributed by atoms with Crippen LogP contribution in [0.5, 0.6) is 0 Å². The molecule has 0 amide bonds. The molecule has 0 unspecified atom stereocenters. The number of hydrogen-bond donors (Lipinski definition) is 0. The van der Waals surface area contributed by atoms with Crippen molar-refractivity contribution in [3.05, 3.63) is 0 Å². The van der Waals surface area contributed by atoms with Gasteiger partial charge in [-0.05, 0) is 12.8 Å². The summed E-state index contributed by atoms with van der Waals surface area (Å²) in [4.78, 5) is 0. The summed E-state index contributed by atoms with van der Waals surface area (Å²) in [5.74, 6) is 8.70. The van der Waals surface area contributed by atoms with Crippen LogP contribution in [0, 0.1) is 11.8 Å². The van der Waals surface area contributed by atoms with Gasteiger partial charge in [-0.15, -0.1) is 11.8 Å². The molecule has 0 aliphatic carbocycles. The van der Waals surface area contributed by atoms with E-state index < -0.39 is 0 Å². The predicted octanol–water partition coefficient (Wildman–Crippen LogP) is 3.50. The zero-order valence-electron chi connectivity index (χ0n) is 8.56. The first kappa shape index (κ1) is 11.7. The molecule has 0 saturated heterocycles. The topological polar surface area (TPSA) is 0 Å². The van der Waals surface area contributed by atoms with Gasteiger partial charge in [0, 0.05) is 19.3 Å². The summed E-state index contributed by atoms with van der Waals surface area (Å²) in [5, 5.41) is 0. The van der Waals surface area contributed by atoms with Crippen molar-refractivity contribution in [3.8, 4) is 11.8 Å². The van der Waals surface area contributed by atoms with Crippen LogP contribution >= 0.6 is 7.55 Å². The largest absolute Gasteiger partial charge is 0.104 e. The van der Waals surface area contributed by atoms with Crippen LogP contribution in [0.2, 0.25) is 0 Å². The molecule has 0 aliphatic heterocycles. The first-order valence-electron chi connectivity index (χ1n) is 4.73. The van der Waals surface area contributed by atoms with Gasteiger partial charge in [0.2, 0.25) is 0 Å². The third-order valence-electron chi connectivity index (χ3n) is 1.55. The number of hydrogen-bond acceptors (Lipinski definition) is 0. The van der Waals surface area contributed by atoms with Crippen molar-refractivity contribution in [3.63, 3.8) is 0 Å². The normalized spacial score (nSPS) is 8.58. The van der Waals surface area contributed by atoms with Crippen LogP contribution in [0.3, 0.4) is 0 Å². The second-order valence-electron chi connectivity index (χ2n) is 3.10. The van der Waals surface area contributed by atoms with Crippen molar-refractivity contribution < 1.29 is 0 Å². The number of rotatable bonds is 4. The predicted molar refractivity (Wildman–Crippen MR) is 61.4 cm³/mol. The third kappa shape index (κ3) is 9.73. The quantitative estimate of drug-likeness (QED) is 0.355. The Kier molecular flexibility index (Phi) is 8.62. The fraction of sp³-hybridized carbons (Fsp3) is 0.727. The second-order valence-corrected chi connectivity index (χ2v) is 5.39. The van der Waals surface area contributed by atoms with Gasteiger partial charge in [0.1, 0.15) is 0 Å². The molecular weight excluding hydrogens is 163 g/mol. The van der Waals surface area contributed by atoms with Gasteiger partial charge in [0.25, 0.3) is 0 Å². The minimum Gasteiger partial charge on any atom is -0.104 e. The van der Waals surface area contributed by atoms with Crippen molar-refractivity contribution in [2.24, 2.45) is 0 Å². The molecular formula is C11H20P+. The molecule has 0 aromatic carbocycles. The van der Waals surface area contributed by atoms with Gasteiger partial charge in [-0.3, -0.25) is 0 Å². The van der Waals surface area contributed by atoms with Crippen LogP contribution in [-0.2, 0) is 0 Å². The van der Waals surface area contributed by atoms with Crippen molar-refractivity contribution in [1.82, 2.24) is 0 Å². The lowest BCUT2D eigenvalue weighted by atomic mass is 10.2. The zero-order chi connectivity index (χ0) is 9.23. The molecule has 0 rings (SSSR count). The van der Waals surface area contributed by atoms with Crippen molar-refractivity contribution in [2.45, 2.75) is 39.0 Å². The summed E-state index contributed by atoms with van der Waals surface area (Å²) in [6.45, 7) is 6.70. The molecule has 0 aromatic heterocycles. The molecule has 0 aromatic rings. The van der Waals surface area contributed by atoms with Gasteiger partial charge in [-0.25, -0.2) is 0 Å². The summed E-state index contributed by atoms with van der Waals surface area (Å²) >= 11 is 0. The second kappa shape index (κ2) is 8.82. The van der Waals surface area contributed by atoms with E-state index in [-0.39, 0.29) is 7.55 Å². The lowest BCUT2D eigenvalue weighted by Gasteiger charge is -1.88. The maximum atomic E-state index is 3.16. The van der Waals surface area contributed by atoms with E-state index in [9.17, 15) is 0 Å². The SMILES string of the molecule is CCC#CCCCCC=[P+](C)C. The van der Waals surface area contributed by atoms with E-state index in [1.165, 1.54) is 19.3 Å². The molecule has 1 heteroatoms. The molecule has 0 saturated carbocycles. The highest BCUT2D eigenvalue weighted by Gasteiger charge is 1.89. The Labute approximate surface area is 78.1 Å². The summed E-state index contributed by atoms with van der Waals surface area (Å²) in [6.07, 6.45) is 5.96. The van der Waals surface area contributed by atoms with Crippen molar-refractivity contribution >= 4 is 13.3 Å². The molecule has 68 valence electrons. The molecule has 0 aliphatic rings. The Morgan fingerprint density at radius 1 is 1.17 bits per heavy atom. The van der Waals surface area contributed by atoms with Gasteiger partial charge in [-0.1, -0.05) is 6.92 Å². The van der Waals surface area contributed by atoms with E-state index in [4.69, 9.17) is 0 Å². The average Bonchev–Trinajstić information content (AvgIpc) is 2.02. The Morgan fingerprint density at radius 3 is 2.50 bits per heavy atom. The van der Waals surface area contributed by atoms with Gasteiger partial charge in [0.15, 0.2) is 0 Å². The summed E-state index contributed by atoms with van der Waals surface area (Å²) < 4.78 is 0. The molecule has 0 heterocycles. The lowest BCUT2D eigenvalue weighted by Crippen LogP contribution is -1.76. The zero-order valence-corrected chi connectivity index (χ0v) is 9.45. The highest BCUT2D eigenvalue weighted by molar-refractivity contribution is 7.55. The van der Waals surface area contributed by atoms with E-state index in [0.29, 0.717) is 0 Å². The first-order chi connectivity index (χ1) is 5.77. The average molecular weight is 183 g/mol. The van der Waals surface area contributed by atoms with E-state index >= 15 is 0 Å². The molecule has 0 radical (unpaired) electrons. The van der Waals surface area contributed by atoms with Crippen molar-refractivity contribution in [1.29, 1.82) is 0 Å². The van der Waals surface area contributed by atoms with Crippen LogP contribution in [0.1, 0.15) is 39.0 Å². The van der Waals surface area contributed by atoms with E-state index in [1.54, 1.807) is 0 Å². The molecule has 0 spiro atoms. The minimum atomic E-state index is 0.211. The molecule has 0 fully saturated rings. The first-order valence-corrected chi connectivity index (χ1v) is 7.03. The van der Waals surface area contributed by atoms with Gasteiger partial charge in [-0.2, -0.15) is 0 Å². The maximum Gasteiger partial charge on any atom is 0.0953 e. The highest BCUT2D eigenvalue weighted by Crippen LogP contribution is 2.09. The standard InChI is InChI=1S/C11H20P/c1-4-5-6-7-8-9-10-11-12(2)3/h11H,4,7-10H2,1-3H3/q+1. The van der Waals surface area contributed by atoms with E-state index in [2.05, 4.69) is 37.9 Å². The highest BCUT2D eigenvalue weighted by atomic mass is 31.1. The third-order valence-corrected chi connectivity index (χ3v) is 2.54. The van der Waals surface area contributed by atoms with Crippen LogP contribution in [0.15, 0.2) is 0 Å². The van der Waals surface area contributed by atoms with E-state index in [1.807, 2.05) is 0 Å². The summed E-state index contributed by atoms with van der Waals surface area (Å²) in [6, 6.07) is 0. The minimum absolute atomic E-state index is 0.211. The molecule has 0 atom stereocenters. The van der Waals surface area contributed by atoms with Crippen LogP contribution in [0.25, 0.3) is 0 Å². The molecule has 0 N–H and O–H groups in total. The van der Waals surface area contributed by atoms with E-state index in [0.717, 1.165) is 12.8 Å². The Morgan fingerprint density at radius 2 is 1.92 bits per heavy atom. The Balaban J connectivity index is 3.17. The number of unbranched alkanes of at least 4 members (excludes halogenated alkanes) is 3. The Hall–Kier alpha value is -0.270. The van der Waals surface area contributed by atoms with Gasteiger partial charge in [0.05, 0.1) is 26.7 Å². The van der Waals surface area contributed by atoms with Crippen LogP contribution < -0.4 is 0 Å². The molecule has 0 nitrogen and oxygen atoms in total. The molecule has 12 heavy (non-hydrogen) atoms. The van der Waals surface area contributed by atoms with Gasteiger partial charge >= 0.3 is 0 Å². The van der Waals surface area contributed by atoms with Crippen LogP contribution in [0.4, 0.5) is 0 Å². The van der Waals surface area contributed by atoms with Crippen molar-refractivity contribution in [2.75, 3.05) is 13.3 Å². The summed E-state index contributed by atoms with van der Waals surface area (Å²) in [5.41, 5.74) is 0. The fourth-order valence-electron chi connectivity index (χ4n) is 0.921.